The Labute approximate surface area is 63.5 Å². The summed E-state index contributed by atoms with van der Waals surface area (Å²) in [6.45, 7) is -0.198. The van der Waals surface area contributed by atoms with Crippen molar-refractivity contribution in [2.75, 3.05) is 7.11 Å². The highest BCUT2D eigenvalue weighted by Gasteiger charge is 2.03. The molecule has 0 spiro atoms. The Morgan fingerprint density at radius 1 is 1.64 bits per heavy atom. The van der Waals surface area contributed by atoms with E-state index in [-0.39, 0.29) is 12.5 Å². The third-order valence-electron chi connectivity index (χ3n) is 1.27. The molecule has 0 unspecified atom stereocenters. The van der Waals surface area contributed by atoms with Crippen LogP contribution in [0.5, 0.6) is 5.88 Å². The summed E-state index contributed by atoms with van der Waals surface area (Å²) in [7, 11) is 1.38. The SMILES string of the molecule is COc1nc(F)ccc1CO. The molecule has 0 fully saturated rings. The molecule has 1 rings (SSSR count). The minimum atomic E-state index is -0.612. The lowest BCUT2D eigenvalue weighted by Gasteiger charge is -2.02. The smallest absolute Gasteiger partial charge is 0.221 e. The van der Waals surface area contributed by atoms with Crippen LogP contribution in [0.15, 0.2) is 12.1 Å². The average Bonchev–Trinajstić information content (AvgIpc) is 2.04. The largest absolute Gasteiger partial charge is 0.481 e. The summed E-state index contributed by atoms with van der Waals surface area (Å²) in [5.41, 5.74) is 0.480. The number of nitrogens with zero attached hydrogens (tertiary/aromatic N) is 1. The van der Waals surface area contributed by atoms with Crippen LogP contribution in [0.2, 0.25) is 0 Å². The maximum Gasteiger partial charge on any atom is 0.221 e. The van der Waals surface area contributed by atoms with Crippen LogP contribution in [0.4, 0.5) is 4.39 Å². The van der Waals surface area contributed by atoms with Gasteiger partial charge in [0, 0.05) is 5.56 Å². The fraction of sp³-hybridized carbons (Fsp3) is 0.286. The molecule has 0 aliphatic heterocycles. The number of hydrogen-bond acceptors (Lipinski definition) is 3. The van der Waals surface area contributed by atoms with Crippen molar-refractivity contribution in [1.29, 1.82) is 0 Å². The van der Waals surface area contributed by atoms with Gasteiger partial charge in [0.1, 0.15) is 0 Å². The van der Waals surface area contributed by atoms with Crippen molar-refractivity contribution in [2.24, 2.45) is 0 Å². The van der Waals surface area contributed by atoms with E-state index in [4.69, 9.17) is 9.84 Å². The van der Waals surface area contributed by atoms with E-state index in [9.17, 15) is 4.39 Å². The van der Waals surface area contributed by atoms with Crippen LogP contribution in [0.25, 0.3) is 0 Å². The van der Waals surface area contributed by atoms with E-state index in [0.29, 0.717) is 5.56 Å². The predicted octanol–water partition coefficient (Wildman–Crippen LogP) is 0.722. The first-order chi connectivity index (χ1) is 5.27. The summed E-state index contributed by atoms with van der Waals surface area (Å²) >= 11 is 0. The van der Waals surface area contributed by atoms with Crippen molar-refractivity contribution in [3.8, 4) is 5.88 Å². The molecule has 0 saturated heterocycles. The summed E-state index contributed by atoms with van der Waals surface area (Å²) in [6, 6.07) is 2.61. The van der Waals surface area contributed by atoms with E-state index in [1.807, 2.05) is 0 Å². The van der Waals surface area contributed by atoms with Gasteiger partial charge in [0.15, 0.2) is 0 Å². The predicted molar refractivity (Wildman–Crippen MR) is 36.7 cm³/mol. The average molecular weight is 157 g/mol. The zero-order valence-electron chi connectivity index (χ0n) is 6.04. The van der Waals surface area contributed by atoms with E-state index < -0.39 is 5.95 Å². The molecule has 0 bridgehead atoms. The first-order valence-electron chi connectivity index (χ1n) is 3.08. The normalized spacial score (nSPS) is 9.73. The van der Waals surface area contributed by atoms with Crippen LogP contribution in [-0.2, 0) is 6.61 Å². The number of aliphatic hydroxyl groups is 1. The highest BCUT2D eigenvalue weighted by atomic mass is 19.1. The standard InChI is InChI=1S/C7H8FNO2/c1-11-7-5(4-10)2-3-6(8)9-7/h2-3,10H,4H2,1H3. The molecule has 1 heterocycles. The van der Waals surface area contributed by atoms with Crippen LogP contribution in [0.3, 0.4) is 0 Å². The van der Waals surface area contributed by atoms with Gasteiger partial charge in [-0.05, 0) is 12.1 Å². The van der Waals surface area contributed by atoms with Crippen LogP contribution >= 0.6 is 0 Å². The molecule has 1 aromatic heterocycles. The van der Waals surface area contributed by atoms with Crippen molar-refractivity contribution in [1.82, 2.24) is 4.98 Å². The molecule has 11 heavy (non-hydrogen) atoms. The van der Waals surface area contributed by atoms with Crippen molar-refractivity contribution >= 4 is 0 Å². The summed E-state index contributed by atoms with van der Waals surface area (Å²) in [5.74, 6) is -0.480. The van der Waals surface area contributed by atoms with Gasteiger partial charge in [-0.3, -0.25) is 0 Å². The lowest BCUT2D eigenvalue weighted by Crippen LogP contribution is -1.96. The number of aliphatic hydroxyl groups excluding tert-OH is 1. The third kappa shape index (κ3) is 1.65. The first kappa shape index (κ1) is 7.94. The van der Waals surface area contributed by atoms with Crippen molar-refractivity contribution in [3.63, 3.8) is 0 Å². The Bertz CT molecular complexity index is 252. The zero-order valence-corrected chi connectivity index (χ0v) is 6.04. The van der Waals surface area contributed by atoms with Gasteiger partial charge in [0.05, 0.1) is 13.7 Å². The van der Waals surface area contributed by atoms with Crippen molar-refractivity contribution in [2.45, 2.75) is 6.61 Å². The third-order valence-corrected chi connectivity index (χ3v) is 1.27. The number of ether oxygens (including phenoxy) is 1. The quantitative estimate of drug-likeness (QED) is 0.643. The van der Waals surface area contributed by atoms with Gasteiger partial charge in [-0.15, -0.1) is 0 Å². The summed E-state index contributed by atoms with van der Waals surface area (Å²) < 4.78 is 17.1. The Kier molecular flexibility index (Phi) is 2.38. The van der Waals surface area contributed by atoms with Crippen LogP contribution < -0.4 is 4.74 Å². The summed E-state index contributed by atoms with van der Waals surface area (Å²) in [6.07, 6.45) is 0. The van der Waals surface area contributed by atoms with Gasteiger partial charge >= 0.3 is 0 Å². The number of halogens is 1. The second-order valence-corrected chi connectivity index (χ2v) is 1.96. The molecule has 0 aliphatic rings. The number of aromatic nitrogens is 1. The molecule has 0 aliphatic carbocycles. The number of pyridine rings is 1. The van der Waals surface area contributed by atoms with E-state index in [1.165, 1.54) is 19.2 Å². The van der Waals surface area contributed by atoms with Crippen LogP contribution in [-0.4, -0.2) is 17.2 Å². The van der Waals surface area contributed by atoms with Gasteiger partial charge in [-0.25, -0.2) is 0 Å². The first-order valence-corrected chi connectivity index (χ1v) is 3.08. The molecular formula is C7H8FNO2. The van der Waals surface area contributed by atoms with Crippen molar-refractivity contribution in [3.05, 3.63) is 23.6 Å². The molecule has 0 radical (unpaired) electrons. The maximum atomic E-state index is 12.4. The Hall–Kier alpha value is -1.16. The second kappa shape index (κ2) is 3.30. The highest BCUT2D eigenvalue weighted by molar-refractivity contribution is 5.24. The molecule has 3 nitrogen and oxygen atoms in total. The van der Waals surface area contributed by atoms with E-state index >= 15 is 0 Å². The van der Waals surface area contributed by atoms with Crippen LogP contribution in [0, 0.1) is 5.95 Å². The zero-order chi connectivity index (χ0) is 8.27. The van der Waals surface area contributed by atoms with E-state index in [2.05, 4.69) is 4.98 Å². The van der Waals surface area contributed by atoms with Gasteiger partial charge in [0.2, 0.25) is 11.8 Å². The minimum Gasteiger partial charge on any atom is -0.481 e. The lowest BCUT2D eigenvalue weighted by atomic mass is 10.3. The summed E-state index contributed by atoms with van der Waals surface area (Å²) in [4.78, 5) is 3.41. The second-order valence-electron chi connectivity index (χ2n) is 1.96. The Morgan fingerprint density at radius 2 is 2.36 bits per heavy atom. The topological polar surface area (TPSA) is 42.4 Å². The number of hydrogen-bond donors (Lipinski definition) is 1. The van der Waals surface area contributed by atoms with E-state index in [0.717, 1.165) is 0 Å². The molecule has 1 aromatic rings. The summed E-state index contributed by atoms with van der Waals surface area (Å²) in [5, 5.41) is 8.70. The molecule has 1 N–H and O–H groups in total. The Morgan fingerprint density at radius 3 is 2.91 bits per heavy atom. The van der Waals surface area contributed by atoms with Gasteiger partial charge < -0.3 is 9.84 Å². The molecule has 0 atom stereocenters. The molecule has 0 aromatic carbocycles. The fourth-order valence-electron chi connectivity index (χ4n) is 0.744. The van der Waals surface area contributed by atoms with Crippen molar-refractivity contribution < 1.29 is 14.2 Å². The van der Waals surface area contributed by atoms with Gasteiger partial charge in [0.25, 0.3) is 0 Å². The molecular weight excluding hydrogens is 149 g/mol. The fourth-order valence-corrected chi connectivity index (χ4v) is 0.744. The molecule has 60 valence electrons. The van der Waals surface area contributed by atoms with Gasteiger partial charge in [-0.2, -0.15) is 9.37 Å². The van der Waals surface area contributed by atoms with Crippen LogP contribution in [0.1, 0.15) is 5.56 Å². The molecule has 4 heteroatoms. The molecule has 0 saturated carbocycles. The molecule has 0 amide bonds. The number of rotatable bonds is 2. The number of methoxy groups -OCH3 is 1. The monoisotopic (exact) mass is 157 g/mol. The minimum absolute atomic E-state index is 0.132. The Balaban J connectivity index is 3.06. The van der Waals surface area contributed by atoms with E-state index in [1.54, 1.807) is 0 Å². The lowest BCUT2D eigenvalue weighted by molar-refractivity contribution is 0.270. The maximum absolute atomic E-state index is 12.4. The highest BCUT2D eigenvalue weighted by Crippen LogP contribution is 2.14. The van der Waals surface area contributed by atoms with Gasteiger partial charge in [-0.1, -0.05) is 0 Å².